The van der Waals surface area contributed by atoms with Crippen LogP contribution in [-0.4, -0.2) is 46.3 Å². The number of carbonyl (C=O) groups is 1. The SMILES string of the molecule is O=C(OCn1nnc2ccccc2c1=O)[C@@H]1CCCCN1S(=O)(=O)c1ccccc1. The molecule has 0 unspecified atom stereocenters. The molecule has 1 atom stereocenters. The van der Waals surface area contributed by atoms with Gasteiger partial charge in [0.25, 0.3) is 5.56 Å². The minimum absolute atomic E-state index is 0.126. The molecular formula is C20H20N4O5S. The van der Waals surface area contributed by atoms with E-state index in [1.807, 2.05) is 0 Å². The molecule has 0 amide bonds. The third kappa shape index (κ3) is 3.83. The lowest BCUT2D eigenvalue weighted by Crippen LogP contribution is -2.48. The summed E-state index contributed by atoms with van der Waals surface area (Å²) in [6, 6.07) is 13.8. The average Bonchev–Trinajstić information content (AvgIpc) is 2.79. The van der Waals surface area contributed by atoms with Gasteiger partial charge in [-0.25, -0.2) is 8.42 Å². The van der Waals surface area contributed by atoms with Crippen molar-refractivity contribution in [1.29, 1.82) is 0 Å². The first kappa shape index (κ1) is 20.2. The first-order valence-corrected chi connectivity index (χ1v) is 11.0. The van der Waals surface area contributed by atoms with Gasteiger partial charge in [0.05, 0.1) is 10.3 Å². The van der Waals surface area contributed by atoms with Crippen LogP contribution in [0.3, 0.4) is 0 Å². The van der Waals surface area contributed by atoms with Crippen LogP contribution < -0.4 is 5.56 Å². The molecule has 1 saturated heterocycles. The van der Waals surface area contributed by atoms with Gasteiger partial charge in [-0.05, 0) is 43.5 Å². The lowest BCUT2D eigenvalue weighted by atomic mass is 10.1. The minimum Gasteiger partial charge on any atom is -0.441 e. The van der Waals surface area contributed by atoms with Crippen molar-refractivity contribution in [3.63, 3.8) is 0 Å². The van der Waals surface area contributed by atoms with Gasteiger partial charge in [0.1, 0.15) is 11.6 Å². The Morgan fingerprint density at radius 1 is 1.07 bits per heavy atom. The van der Waals surface area contributed by atoms with E-state index in [2.05, 4.69) is 10.3 Å². The monoisotopic (exact) mass is 428 g/mol. The van der Waals surface area contributed by atoms with Gasteiger partial charge in [-0.3, -0.25) is 9.59 Å². The number of hydrogen-bond acceptors (Lipinski definition) is 7. The van der Waals surface area contributed by atoms with Gasteiger partial charge in [0.15, 0.2) is 6.73 Å². The van der Waals surface area contributed by atoms with Crippen molar-refractivity contribution in [2.75, 3.05) is 6.54 Å². The van der Waals surface area contributed by atoms with E-state index in [1.165, 1.54) is 16.4 Å². The molecule has 0 radical (unpaired) electrons. The number of benzene rings is 2. The molecular weight excluding hydrogens is 408 g/mol. The van der Waals surface area contributed by atoms with Gasteiger partial charge in [-0.1, -0.05) is 35.5 Å². The van der Waals surface area contributed by atoms with E-state index in [1.54, 1.807) is 42.5 Å². The Balaban J connectivity index is 1.53. The molecule has 0 N–H and O–H groups in total. The maximum atomic E-state index is 13.0. The van der Waals surface area contributed by atoms with Crippen molar-refractivity contribution >= 4 is 26.9 Å². The number of fused-ring (bicyclic) bond motifs is 1. The zero-order chi connectivity index (χ0) is 21.1. The zero-order valence-corrected chi connectivity index (χ0v) is 16.9. The third-order valence-corrected chi connectivity index (χ3v) is 6.96. The molecule has 0 bridgehead atoms. The smallest absolute Gasteiger partial charge is 0.326 e. The highest BCUT2D eigenvalue weighted by molar-refractivity contribution is 7.89. The van der Waals surface area contributed by atoms with Gasteiger partial charge in [-0.15, -0.1) is 5.10 Å². The summed E-state index contributed by atoms with van der Waals surface area (Å²) in [4.78, 5) is 25.4. The lowest BCUT2D eigenvalue weighted by Gasteiger charge is -2.32. The first-order chi connectivity index (χ1) is 14.5. The number of carbonyl (C=O) groups excluding carboxylic acids is 1. The fraction of sp³-hybridized carbons (Fsp3) is 0.300. The highest BCUT2D eigenvalue weighted by Gasteiger charge is 2.38. The van der Waals surface area contributed by atoms with Crippen molar-refractivity contribution in [2.24, 2.45) is 0 Å². The number of piperidine rings is 1. The molecule has 30 heavy (non-hydrogen) atoms. The molecule has 0 saturated carbocycles. The number of hydrogen-bond donors (Lipinski definition) is 0. The highest BCUT2D eigenvalue weighted by atomic mass is 32.2. The second-order valence-corrected chi connectivity index (χ2v) is 8.83. The number of esters is 1. The third-order valence-electron chi connectivity index (χ3n) is 5.03. The molecule has 0 spiro atoms. The van der Waals surface area contributed by atoms with Crippen molar-refractivity contribution in [3.8, 4) is 0 Å². The Morgan fingerprint density at radius 2 is 1.80 bits per heavy atom. The maximum Gasteiger partial charge on any atom is 0.326 e. The van der Waals surface area contributed by atoms with Crippen LogP contribution in [-0.2, 0) is 26.3 Å². The second-order valence-electron chi connectivity index (χ2n) is 6.94. The van der Waals surface area contributed by atoms with Crippen LogP contribution >= 0.6 is 0 Å². The normalized spacial score (nSPS) is 17.7. The predicted octanol–water partition coefficient (Wildman–Crippen LogP) is 1.54. The van der Waals surface area contributed by atoms with Crippen molar-refractivity contribution in [3.05, 3.63) is 65.0 Å². The maximum absolute atomic E-state index is 13.0. The Labute approximate surface area is 172 Å². The van der Waals surface area contributed by atoms with E-state index in [0.29, 0.717) is 30.2 Å². The van der Waals surface area contributed by atoms with E-state index in [-0.39, 0.29) is 11.4 Å². The van der Waals surface area contributed by atoms with Gasteiger partial charge in [-0.2, -0.15) is 8.99 Å². The Bertz CT molecular complexity index is 1230. The van der Waals surface area contributed by atoms with Gasteiger partial charge in [0, 0.05) is 6.54 Å². The van der Waals surface area contributed by atoms with Crippen molar-refractivity contribution < 1.29 is 17.9 Å². The molecule has 1 aromatic heterocycles. The number of aromatic nitrogens is 3. The van der Waals surface area contributed by atoms with E-state index < -0.39 is 34.3 Å². The number of nitrogens with zero attached hydrogens (tertiary/aromatic N) is 4. The van der Waals surface area contributed by atoms with Crippen molar-refractivity contribution in [1.82, 2.24) is 19.3 Å². The van der Waals surface area contributed by atoms with Gasteiger partial charge < -0.3 is 4.74 Å². The fourth-order valence-electron chi connectivity index (χ4n) is 3.49. The summed E-state index contributed by atoms with van der Waals surface area (Å²) >= 11 is 0. The Hall–Kier alpha value is -3.11. The summed E-state index contributed by atoms with van der Waals surface area (Å²) in [6.07, 6.45) is 1.71. The standard InChI is InChI=1S/C20H20N4O5S/c25-19-16-10-4-5-11-17(16)21-22-23(19)14-29-20(26)18-12-6-7-13-24(18)30(27,28)15-8-2-1-3-9-15/h1-5,8-11,18H,6-7,12-14H2/t18-/m0/s1. The number of ether oxygens (including phenoxy) is 1. The number of sulfonamides is 1. The van der Waals surface area contributed by atoms with Gasteiger partial charge in [0.2, 0.25) is 10.0 Å². The average molecular weight is 428 g/mol. The molecule has 4 rings (SSSR count). The molecule has 156 valence electrons. The summed E-state index contributed by atoms with van der Waals surface area (Å²) in [5.74, 6) is -0.712. The number of rotatable bonds is 5. The first-order valence-electron chi connectivity index (χ1n) is 9.54. The molecule has 9 nitrogen and oxygen atoms in total. The van der Waals surface area contributed by atoms with Crippen LogP contribution in [0.4, 0.5) is 0 Å². The van der Waals surface area contributed by atoms with Crippen molar-refractivity contribution in [2.45, 2.75) is 36.9 Å². The fourth-order valence-corrected chi connectivity index (χ4v) is 5.15. The topological polar surface area (TPSA) is 111 Å². The van der Waals surface area contributed by atoms with E-state index in [4.69, 9.17) is 4.74 Å². The quantitative estimate of drug-likeness (QED) is 0.567. The van der Waals surface area contributed by atoms with Crippen LogP contribution in [0.2, 0.25) is 0 Å². The molecule has 3 aromatic rings. The lowest BCUT2D eigenvalue weighted by molar-refractivity contribution is -0.153. The van der Waals surface area contributed by atoms with Crippen LogP contribution in [0.5, 0.6) is 0 Å². The predicted molar refractivity (Wildman–Crippen MR) is 108 cm³/mol. The molecule has 2 heterocycles. The zero-order valence-electron chi connectivity index (χ0n) is 16.0. The van der Waals surface area contributed by atoms with Crippen LogP contribution in [0.25, 0.3) is 10.9 Å². The summed E-state index contributed by atoms with van der Waals surface area (Å²) in [6.45, 7) is -0.210. The molecule has 2 aromatic carbocycles. The van der Waals surface area contributed by atoms with E-state index >= 15 is 0 Å². The Kier molecular flexibility index (Phi) is 5.60. The van der Waals surface area contributed by atoms with E-state index in [0.717, 1.165) is 4.68 Å². The van der Waals surface area contributed by atoms with Gasteiger partial charge >= 0.3 is 5.97 Å². The highest BCUT2D eigenvalue weighted by Crippen LogP contribution is 2.26. The Morgan fingerprint density at radius 3 is 2.60 bits per heavy atom. The molecule has 1 aliphatic rings. The molecule has 0 aliphatic carbocycles. The summed E-state index contributed by atoms with van der Waals surface area (Å²) in [5.41, 5.74) is 0.00305. The summed E-state index contributed by atoms with van der Waals surface area (Å²) < 4.78 is 33.4. The molecule has 10 heteroatoms. The van der Waals surface area contributed by atoms with Crippen LogP contribution in [0, 0.1) is 0 Å². The van der Waals surface area contributed by atoms with E-state index in [9.17, 15) is 18.0 Å². The molecule has 1 aliphatic heterocycles. The second kappa shape index (κ2) is 8.33. The van der Waals surface area contributed by atoms with Crippen LogP contribution in [0.1, 0.15) is 19.3 Å². The molecule has 1 fully saturated rings. The largest absolute Gasteiger partial charge is 0.441 e. The summed E-state index contributed by atoms with van der Waals surface area (Å²) in [5, 5.41) is 8.08. The summed E-state index contributed by atoms with van der Waals surface area (Å²) in [7, 11) is -3.84. The van der Waals surface area contributed by atoms with Crippen LogP contribution in [0.15, 0.2) is 64.3 Å². The minimum atomic E-state index is -3.84.